The molecule has 0 amide bonds. The van der Waals surface area contributed by atoms with Crippen molar-refractivity contribution in [2.24, 2.45) is 0 Å². The van der Waals surface area contributed by atoms with E-state index in [1.54, 1.807) is 0 Å². The summed E-state index contributed by atoms with van der Waals surface area (Å²) in [6.07, 6.45) is 4.54. The summed E-state index contributed by atoms with van der Waals surface area (Å²) in [5.74, 6) is -1.88. The van der Waals surface area contributed by atoms with Gasteiger partial charge in [0.15, 0.2) is 0 Å². The van der Waals surface area contributed by atoms with Crippen molar-refractivity contribution in [1.82, 2.24) is 0 Å². The molecular weight excluding hydrogens is 340 g/mol. The molecule has 0 atom stereocenters. The van der Waals surface area contributed by atoms with Gasteiger partial charge in [0, 0.05) is 20.8 Å². The zero-order valence-electron chi connectivity index (χ0n) is 15.1. The summed E-state index contributed by atoms with van der Waals surface area (Å²) in [4.78, 5) is 34.0. The summed E-state index contributed by atoms with van der Waals surface area (Å²) in [5.41, 5.74) is 1.30. The maximum Gasteiger partial charge on any atom is 0.705 e. The van der Waals surface area contributed by atoms with Crippen molar-refractivity contribution in [1.29, 1.82) is 0 Å². The zero-order chi connectivity index (χ0) is 18.7. The largest absolute Gasteiger partial charge is 0.705 e. The van der Waals surface area contributed by atoms with Crippen LogP contribution in [-0.2, 0) is 34.1 Å². The molecule has 0 saturated heterocycles. The molecule has 0 bridgehead atoms. The van der Waals surface area contributed by atoms with Crippen molar-refractivity contribution in [3.8, 4) is 0 Å². The molecule has 0 aromatic heterocycles. The van der Waals surface area contributed by atoms with Gasteiger partial charge in [0.2, 0.25) is 0 Å². The molecule has 0 fully saturated rings. The van der Waals surface area contributed by atoms with Crippen LogP contribution < -0.4 is 0 Å². The normalized spacial score (nSPS) is 10.8. The van der Waals surface area contributed by atoms with Crippen LogP contribution in [0.15, 0.2) is 30.3 Å². The molecule has 7 heteroatoms. The second-order valence-corrected chi connectivity index (χ2v) is 8.34. The van der Waals surface area contributed by atoms with E-state index >= 15 is 0 Å². The van der Waals surface area contributed by atoms with Crippen molar-refractivity contribution in [2.45, 2.75) is 58.9 Å². The minimum atomic E-state index is -3.66. The SMILES string of the molecule is CC(=O)O[Si](CCCCCCc1ccccc1)(OC(C)=O)OC(C)=O. The highest BCUT2D eigenvalue weighted by Gasteiger charge is 2.51. The molecule has 25 heavy (non-hydrogen) atoms. The molecule has 6 nitrogen and oxygen atoms in total. The van der Waals surface area contributed by atoms with Gasteiger partial charge in [0.1, 0.15) is 0 Å². The standard InChI is InChI=1S/C18H26O6Si/c1-15(19)22-25(23-16(2)20,24-17(3)21)14-10-5-4-7-11-18-12-8-6-9-13-18/h6,8-9,12-13H,4-5,7,10-11,14H2,1-3H3. The zero-order valence-corrected chi connectivity index (χ0v) is 16.1. The number of benzene rings is 1. The second kappa shape index (κ2) is 10.7. The maximum atomic E-state index is 11.3. The molecule has 0 aliphatic rings. The number of rotatable bonds is 10. The summed E-state index contributed by atoms with van der Waals surface area (Å²) in [6.45, 7) is 3.61. The Kier molecular flexibility index (Phi) is 8.91. The van der Waals surface area contributed by atoms with E-state index in [4.69, 9.17) is 13.3 Å². The first-order valence-corrected chi connectivity index (χ1v) is 10.4. The minimum absolute atomic E-state index is 0.247. The van der Waals surface area contributed by atoms with Crippen LogP contribution in [0.5, 0.6) is 0 Å². The Balaban J connectivity index is 2.48. The molecule has 0 heterocycles. The predicted molar refractivity (Wildman–Crippen MR) is 94.5 cm³/mol. The van der Waals surface area contributed by atoms with E-state index < -0.39 is 26.7 Å². The van der Waals surface area contributed by atoms with Gasteiger partial charge in [-0.05, 0) is 24.8 Å². The molecule has 0 aliphatic carbocycles. The van der Waals surface area contributed by atoms with E-state index in [0.29, 0.717) is 6.42 Å². The molecule has 0 saturated carbocycles. The number of hydrogen-bond acceptors (Lipinski definition) is 6. The lowest BCUT2D eigenvalue weighted by Crippen LogP contribution is -2.49. The average Bonchev–Trinajstić information content (AvgIpc) is 2.49. The summed E-state index contributed by atoms with van der Waals surface area (Å²) in [5, 5.41) is 0. The monoisotopic (exact) mass is 366 g/mol. The van der Waals surface area contributed by atoms with Crippen LogP contribution in [0.4, 0.5) is 0 Å². The molecule has 0 spiro atoms. The third-order valence-electron chi connectivity index (χ3n) is 3.44. The summed E-state index contributed by atoms with van der Waals surface area (Å²) in [6, 6.07) is 10.5. The van der Waals surface area contributed by atoms with E-state index in [9.17, 15) is 14.4 Å². The van der Waals surface area contributed by atoms with Crippen molar-refractivity contribution >= 4 is 26.7 Å². The highest BCUT2D eigenvalue weighted by Crippen LogP contribution is 2.21. The quantitative estimate of drug-likeness (QED) is 0.466. The Labute approximate surface area is 149 Å². The van der Waals surface area contributed by atoms with Gasteiger partial charge in [0.05, 0.1) is 6.04 Å². The van der Waals surface area contributed by atoms with Gasteiger partial charge in [-0.2, -0.15) is 0 Å². The van der Waals surface area contributed by atoms with Crippen LogP contribution in [0.25, 0.3) is 0 Å². The third kappa shape index (κ3) is 9.04. The van der Waals surface area contributed by atoms with Gasteiger partial charge in [-0.25, -0.2) is 0 Å². The molecule has 1 aromatic carbocycles. The van der Waals surface area contributed by atoms with Crippen LogP contribution in [0.3, 0.4) is 0 Å². The second-order valence-electron chi connectivity index (χ2n) is 5.86. The molecule has 138 valence electrons. The van der Waals surface area contributed by atoms with Crippen LogP contribution >= 0.6 is 0 Å². The topological polar surface area (TPSA) is 78.9 Å². The van der Waals surface area contributed by atoms with E-state index in [1.165, 1.54) is 26.3 Å². The minimum Gasteiger partial charge on any atom is -0.455 e. The van der Waals surface area contributed by atoms with Gasteiger partial charge in [-0.1, -0.05) is 43.2 Å². The first-order valence-electron chi connectivity index (χ1n) is 8.45. The number of unbranched alkanes of at least 4 members (excludes halogenated alkanes) is 3. The highest BCUT2D eigenvalue weighted by atomic mass is 28.4. The number of carbonyl (C=O) groups is 3. The van der Waals surface area contributed by atoms with E-state index in [-0.39, 0.29) is 6.04 Å². The van der Waals surface area contributed by atoms with E-state index in [1.807, 2.05) is 18.2 Å². The molecule has 1 rings (SSSR count). The summed E-state index contributed by atoms with van der Waals surface area (Å²) in [7, 11) is -3.66. The summed E-state index contributed by atoms with van der Waals surface area (Å²) < 4.78 is 15.4. The molecule has 0 unspecified atom stereocenters. The van der Waals surface area contributed by atoms with E-state index in [0.717, 1.165) is 25.7 Å². The maximum absolute atomic E-state index is 11.3. The van der Waals surface area contributed by atoms with Crippen molar-refractivity contribution < 1.29 is 27.7 Å². The van der Waals surface area contributed by atoms with Crippen molar-refractivity contribution in [3.05, 3.63) is 35.9 Å². The van der Waals surface area contributed by atoms with Crippen molar-refractivity contribution in [3.63, 3.8) is 0 Å². The summed E-state index contributed by atoms with van der Waals surface area (Å²) >= 11 is 0. The number of hydrogen-bond donors (Lipinski definition) is 0. The molecular formula is C18H26O6Si. The number of carbonyl (C=O) groups excluding carboxylic acids is 3. The van der Waals surface area contributed by atoms with E-state index in [2.05, 4.69) is 12.1 Å². The molecule has 0 N–H and O–H groups in total. The highest BCUT2D eigenvalue weighted by molar-refractivity contribution is 6.65. The smallest absolute Gasteiger partial charge is 0.455 e. The van der Waals surface area contributed by atoms with Crippen LogP contribution in [0.1, 0.15) is 52.0 Å². The lowest BCUT2D eigenvalue weighted by Gasteiger charge is -2.26. The molecule has 0 radical (unpaired) electrons. The predicted octanol–water partition coefficient (Wildman–Crippen LogP) is 3.42. The third-order valence-corrected chi connectivity index (χ3v) is 6.20. The fourth-order valence-corrected chi connectivity index (χ4v) is 4.97. The average molecular weight is 366 g/mol. The van der Waals surface area contributed by atoms with Gasteiger partial charge in [-0.3, -0.25) is 14.4 Å². The first-order chi connectivity index (χ1) is 11.8. The Bertz CT molecular complexity index is 531. The van der Waals surface area contributed by atoms with Gasteiger partial charge < -0.3 is 13.3 Å². The Hall–Kier alpha value is -2.15. The van der Waals surface area contributed by atoms with Crippen molar-refractivity contribution in [2.75, 3.05) is 0 Å². The first kappa shape index (κ1) is 20.9. The lowest BCUT2D eigenvalue weighted by atomic mass is 10.1. The lowest BCUT2D eigenvalue weighted by molar-refractivity contribution is -0.147. The van der Waals surface area contributed by atoms with Gasteiger partial charge in [-0.15, -0.1) is 0 Å². The fraction of sp³-hybridized carbons (Fsp3) is 0.500. The molecule has 1 aromatic rings. The fourth-order valence-electron chi connectivity index (χ4n) is 2.54. The van der Waals surface area contributed by atoms with Gasteiger partial charge >= 0.3 is 8.80 Å². The Morgan fingerprint density at radius 1 is 0.760 bits per heavy atom. The van der Waals surface area contributed by atoms with Gasteiger partial charge in [0.25, 0.3) is 17.9 Å². The van der Waals surface area contributed by atoms with Crippen LogP contribution in [0.2, 0.25) is 6.04 Å². The van der Waals surface area contributed by atoms with Crippen LogP contribution in [0, 0.1) is 0 Å². The van der Waals surface area contributed by atoms with Crippen LogP contribution in [-0.4, -0.2) is 26.7 Å². The molecule has 0 aliphatic heterocycles. The Morgan fingerprint density at radius 2 is 1.24 bits per heavy atom. The number of aryl methyl sites for hydroxylation is 1. The Morgan fingerprint density at radius 3 is 1.72 bits per heavy atom.